The van der Waals surface area contributed by atoms with E-state index in [0.717, 1.165) is 28.2 Å². The average Bonchev–Trinajstić information content (AvgIpc) is 2.36. The SMILES string of the molecule is CCNCc1ccc(Sc2nc(C)cc(=O)[nH]2)cc1Br. The summed E-state index contributed by atoms with van der Waals surface area (Å²) in [6.45, 7) is 5.67. The Hall–Kier alpha value is -1.11. The van der Waals surface area contributed by atoms with Crippen LogP contribution in [0.3, 0.4) is 0 Å². The fourth-order valence-electron chi connectivity index (χ4n) is 1.71. The maximum Gasteiger partial charge on any atom is 0.251 e. The third-order valence-corrected chi connectivity index (χ3v) is 4.27. The first-order chi connectivity index (χ1) is 9.58. The van der Waals surface area contributed by atoms with Gasteiger partial charge < -0.3 is 10.3 Å². The van der Waals surface area contributed by atoms with Gasteiger partial charge in [-0.15, -0.1) is 0 Å². The number of aromatic nitrogens is 2. The lowest BCUT2D eigenvalue weighted by Gasteiger charge is -2.07. The lowest BCUT2D eigenvalue weighted by molar-refractivity contribution is 0.724. The van der Waals surface area contributed by atoms with Gasteiger partial charge in [0.2, 0.25) is 0 Å². The number of hydrogen-bond donors (Lipinski definition) is 2. The molecule has 2 aromatic rings. The minimum absolute atomic E-state index is 0.122. The Kier molecular flexibility index (Phi) is 5.39. The second-order valence-electron chi connectivity index (χ2n) is 4.33. The topological polar surface area (TPSA) is 57.8 Å². The van der Waals surface area contributed by atoms with Gasteiger partial charge in [0, 0.05) is 27.7 Å². The third kappa shape index (κ3) is 4.19. The molecule has 0 saturated heterocycles. The molecule has 1 aromatic carbocycles. The minimum Gasteiger partial charge on any atom is -0.313 e. The van der Waals surface area contributed by atoms with E-state index in [1.807, 2.05) is 19.1 Å². The minimum atomic E-state index is -0.122. The molecule has 0 aliphatic heterocycles. The van der Waals surface area contributed by atoms with E-state index in [1.165, 1.54) is 23.4 Å². The number of nitrogens with one attached hydrogen (secondary N) is 2. The molecule has 0 aliphatic rings. The Morgan fingerprint density at radius 2 is 2.20 bits per heavy atom. The monoisotopic (exact) mass is 353 g/mol. The van der Waals surface area contributed by atoms with Crippen molar-refractivity contribution in [3.05, 3.63) is 50.3 Å². The molecule has 0 amide bonds. The van der Waals surface area contributed by atoms with Crippen molar-refractivity contribution in [3.63, 3.8) is 0 Å². The fourth-order valence-corrected chi connectivity index (χ4v) is 3.25. The van der Waals surface area contributed by atoms with E-state index in [0.29, 0.717) is 5.16 Å². The van der Waals surface area contributed by atoms with Crippen LogP contribution in [0.1, 0.15) is 18.2 Å². The molecular formula is C14H16BrN3OS. The normalized spacial score (nSPS) is 10.8. The van der Waals surface area contributed by atoms with E-state index in [1.54, 1.807) is 0 Å². The van der Waals surface area contributed by atoms with Gasteiger partial charge in [0.05, 0.1) is 0 Å². The number of aryl methyl sites for hydroxylation is 1. The van der Waals surface area contributed by atoms with Gasteiger partial charge in [-0.05, 0) is 31.2 Å². The first-order valence-corrected chi connectivity index (χ1v) is 7.94. The quantitative estimate of drug-likeness (QED) is 0.811. The van der Waals surface area contributed by atoms with Gasteiger partial charge in [0.1, 0.15) is 0 Å². The molecule has 106 valence electrons. The number of H-pyrrole nitrogens is 1. The van der Waals surface area contributed by atoms with Crippen molar-refractivity contribution in [3.8, 4) is 0 Å². The Morgan fingerprint density at radius 1 is 1.40 bits per heavy atom. The second-order valence-corrected chi connectivity index (χ2v) is 6.24. The van der Waals surface area contributed by atoms with E-state index in [9.17, 15) is 4.79 Å². The average molecular weight is 354 g/mol. The molecule has 0 fully saturated rings. The van der Waals surface area contributed by atoms with Crippen molar-refractivity contribution >= 4 is 27.7 Å². The molecule has 1 aromatic heterocycles. The lowest BCUT2D eigenvalue weighted by Crippen LogP contribution is -2.12. The zero-order valence-electron chi connectivity index (χ0n) is 11.4. The van der Waals surface area contributed by atoms with Crippen LogP contribution < -0.4 is 10.9 Å². The van der Waals surface area contributed by atoms with E-state index >= 15 is 0 Å². The molecule has 0 saturated carbocycles. The molecule has 0 spiro atoms. The van der Waals surface area contributed by atoms with Crippen LogP contribution in [-0.2, 0) is 6.54 Å². The van der Waals surface area contributed by atoms with Crippen LogP contribution in [0.2, 0.25) is 0 Å². The summed E-state index contributed by atoms with van der Waals surface area (Å²) in [4.78, 5) is 19.5. The van der Waals surface area contributed by atoms with Gasteiger partial charge in [0.25, 0.3) is 5.56 Å². The smallest absolute Gasteiger partial charge is 0.251 e. The Bertz CT molecular complexity index is 657. The van der Waals surface area contributed by atoms with Crippen LogP contribution in [0.25, 0.3) is 0 Å². The van der Waals surface area contributed by atoms with E-state index in [-0.39, 0.29) is 5.56 Å². The van der Waals surface area contributed by atoms with Gasteiger partial charge in [-0.25, -0.2) is 4.98 Å². The van der Waals surface area contributed by atoms with Gasteiger partial charge in [-0.1, -0.05) is 40.7 Å². The van der Waals surface area contributed by atoms with Crippen molar-refractivity contribution in [1.29, 1.82) is 0 Å². The van der Waals surface area contributed by atoms with Crippen LogP contribution in [0.15, 0.2) is 43.6 Å². The largest absolute Gasteiger partial charge is 0.313 e. The summed E-state index contributed by atoms with van der Waals surface area (Å²) in [6.07, 6.45) is 0. The number of rotatable bonds is 5. The zero-order valence-corrected chi connectivity index (χ0v) is 13.8. The Labute approximate surface area is 130 Å². The number of benzene rings is 1. The summed E-state index contributed by atoms with van der Waals surface area (Å²) in [5.74, 6) is 0. The van der Waals surface area contributed by atoms with Crippen molar-refractivity contribution in [2.75, 3.05) is 6.54 Å². The van der Waals surface area contributed by atoms with E-state index < -0.39 is 0 Å². The summed E-state index contributed by atoms with van der Waals surface area (Å²) in [7, 11) is 0. The predicted molar refractivity (Wildman–Crippen MR) is 85.2 cm³/mol. The van der Waals surface area contributed by atoms with E-state index in [2.05, 4.69) is 44.2 Å². The molecule has 0 bridgehead atoms. The van der Waals surface area contributed by atoms with Crippen LogP contribution in [0.4, 0.5) is 0 Å². The van der Waals surface area contributed by atoms with Crippen LogP contribution in [-0.4, -0.2) is 16.5 Å². The van der Waals surface area contributed by atoms with Crippen molar-refractivity contribution in [1.82, 2.24) is 15.3 Å². The molecule has 20 heavy (non-hydrogen) atoms. The third-order valence-electron chi connectivity index (χ3n) is 2.65. The lowest BCUT2D eigenvalue weighted by atomic mass is 10.2. The maximum absolute atomic E-state index is 11.4. The van der Waals surface area contributed by atoms with Crippen molar-refractivity contribution in [2.45, 2.75) is 30.4 Å². The highest BCUT2D eigenvalue weighted by atomic mass is 79.9. The molecule has 6 heteroatoms. The number of aromatic amines is 1. The summed E-state index contributed by atoms with van der Waals surface area (Å²) in [6, 6.07) is 7.63. The first-order valence-electron chi connectivity index (χ1n) is 6.33. The van der Waals surface area contributed by atoms with Gasteiger partial charge >= 0.3 is 0 Å². The summed E-state index contributed by atoms with van der Waals surface area (Å²) in [5, 5.41) is 3.91. The van der Waals surface area contributed by atoms with Crippen LogP contribution >= 0.6 is 27.7 Å². The van der Waals surface area contributed by atoms with Crippen LogP contribution in [0, 0.1) is 6.92 Å². The van der Waals surface area contributed by atoms with Crippen molar-refractivity contribution in [2.24, 2.45) is 0 Å². The highest BCUT2D eigenvalue weighted by Crippen LogP contribution is 2.28. The first kappa shape index (κ1) is 15.3. The van der Waals surface area contributed by atoms with Gasteiger partial charge in [-0.3, -0.25) is 4.79 Å². The molecule has 1 heterocycles. The Morgan fingerprint density at radius 3 is 2.85 bits per heavy atom. The Balaban J connectivity index is 2.17. The molecule has 2 N–H and O–H groups in total. The number of nitrogens with zero attached hydrogens (tertiary/aromatic N) is 1. The molecule has 4 nitrogen and oxygen atoms in total. The summed E-state index contributed by atoms with van der Waals surface area (Å²) in [5.41, 5.74) is 1.81. The second kappa shape index (κ2) is 7.06. The summed E-state index contributed by atoms with van der Waals surface area (Å²) < 4.78 is 1.05. The fraction of sp³-hybridized carbons (Fsp3) is 0.286. The zero-order chi connectivity index (χ0) is 14.5. The standard InChI is InChI=1S/C14H16BrN3OS/c1-3-16-8-10-4-5-11(7-12(10)15)20-14-17-9(2)6-13(19)18-14/h4-7,16H,3,8H2,1-2H3,(H,17,18,19). The highest BCUT2D eigenvalue weighted by molar-refractivity contribution is 9.10. The molecular weight excluding hydrogens is 338 g/mol. The van der Waals surface area contributed by atoms with Gasteiger partial charge in [0.15, 0.2) is 5.16 Å². The van der Waals surface area contributed by atoms with Crippen LogP contribution in [0.5, 0.6) is 0 Å². The molecule has 0 radical (unpaired) electrons. The van der Waals surface area contributed by atoms with Gasteiger partial charge in [-0.2, -0.15) is 0 Å². The molecule has 2 rings (SSSR count). The summed E-state index contributed by atoms with van der Waals surface area (Å²) >= 11 is 5.02. The number of hydrogen-bond acceptors (Lipinski definition) is 4. The maximum atomic E-state index is 11.4. The highest BCUT2D eigenvalue weighted by Gasteiger charge is 2.05. The predicted octanol–water partition coefficient (Wildman–Crippen LogP) is 3.10. The van der Waals surface area contributed by atoms with E-state index in [4.69, 9.17) is 0 Å². The molecule has 0 atom stereocenters. The van der Waals surface area contributed by atoms with Crippen molar-refractivity contribution < 1.29 is 0 Å². The molecule has 0 unspecified atom stereocenters. The molecule has 0 aliphatic carbocycles. The number of halogens is 1.